The van der Waals surface area contributed by atoms with Gasteiger partial charge in [-0.05, 0) is 18.2 Å². The van der Waals surface area contributed by atoms with Gasteiger partial charge in [0.25, 0.3) is 5.91 Å². The monoisotopic (exact) mass is 321 g/mol. The molecule has 2 aromatic rings. The lowest BCUT2D eigenvalue weighted by atomic mass is 10.1. The van der Waals surface area contributed by atoms with Crippen LogP contribution in [-0.2, 0) is 4.79 Å². The smallest absolute Gasteiger partial charge is 0.260 e. The first-order valence-corrected chi connectivity index (χ1v) is 6.83. The summed E-state index contributed by atoms with van der Waals surface area (Å²) >= 11 is 11.8. The molecule has 1 N–H and O–H groups in total. The lowest BCUT2D eigenvalue weighted by Gasteiger charge is -2.29. The Morgan fingerprint density at radius 2 is 2.05 bits per heavy atom. The molecule has 5 nitrogen and oxygen atoms in total. The summed E-state index contributed by atoms with van der Waals surface area (Å²) in [6.07, 6.45) is 1.31. The molecule has 0 radical (unpaired) electrons. The topological polar surface area (TPSA) is 62.3 Å². The van der Waals surface area contributed by atoms with E-state index >= 15 is 0 Å². The number of carbonyl (C=O) groups excluding carboxylic acids is 2. The summed E-state index contributed by atoms with van der Waals surface area (Å²) in [6, 6.07) is 8.44. The van der Waals surface area contributed by atoms with Crippen LogP contribution in [0.5, 0.6) is 0 Å². The first kappa shape index (κ1) is 13.9. The van der Waals surface area contributed by atoms with Crippen LogP contribution in [0.15, 0.2) is 36.5 Å². The summed E-state index contributed by atoms with van der Waals surface area (Å²) in [5.74, 6) is -0.662. The second-order valence-corrected chi connectivity index (χ2v) is 5.24. The van der Waals surface area contributed by atoms with E-state index in [1.807, 2.05) is 0 Å². The third-order valence-electron chi connectivity index (χ3n) is 3.07. The van der Waals surface area contributed by atoms with Gasteiger partial charge >= 0.3 is 0 Å². The molecule has 0 unspecified atom stereocenters. The maximum absolute atomic E-state index is 12.7. The van der Waals surface area contributed by atoms with Crippen LogP contribution < -0.4 is 10.2 Å². The Hall–Kier alpha value is -2.11. The Balaban J connectivity index is 2.06. The number of hydrogen-bond donors (Lipinski definition) is 1. The van der Waals surface area contributed by atoms with Gasteiger partial charge in [0, 0.05) is 6.20 Å². The molecule has 2 heterocycles. The SMILES string of the molecule is O=C1CN(C(=O)c2cc(Cl)ncc2Cl)c2ccccc2N1. The average molecular weight is 322 g/mol. The van der Waals surface area contributed by atoms with Gasteiger partial charge < -0.3 is 5.32 Å². The standard InChI is InChI=1S/C14H9Cl2N3O2/c15-9-6-17-12(16)5-8(9)14(21)19-7-13(20)18-10-3-1-2-4-11(10)19/h1-6H,7H2,(H,18,20). The molecule has 0 saturated heterocycles. The van der Waals surface area contributed by atoms with Crippen LogP contribution in [0.4, 0.5) is 11.4 Å². The number of nitrogens with one attached hydrogen (secondary N) is 1. The van der Waals surface area contributed by atoms with Gasteiger partial charge in [0.15, 0.2) is 0 Å². The minimum atomic E-state index is -0.397. The van der Waals surface area contributed by atoms with Crippen molar-refractivity contribution in [2.45, 2.75) is 0 Å². The number of carbonyl (C=O) groups is 2. The van der Waals surface area contributed by atoms with Crippen LogP contribution in [0, 0.1) is 0 Å². The summed E-state index contributed by atoms with van der Waals surface area (Å²) in [5, 5.41) is 3.07. The first-order valence-electron chi connectivity index (χ1n) is 6.08. The largest absolute Gasteiger partial charge is 0.323 e. The maximum Gasteiger partial charge on any atom is 0.260 e. The number of fused-ring (bicyclic) bond motifs is 1. The Labute approximate surface area is 130 Å². The minimum absolute atomic E-state index is 0.0773. The van der Waals surface area contributed by atoms with Gasteiger partial charge in [-0.1, -0.05) is 35.3 Å². The van der Waals surface area contributed by atoms with Gasteiger partial charge in [-0.15, -0.1) is 0 Å². The van der Waals surface area contributed by atoms with E-state index in [4.69, 9.17) is 23.2 Å². The molecular weight excluding hydrogens is 313 g/mol. The van der Waals surface area contributed by atoms with Crippen LogP contribution >= 0.6 is 23.2 Å². The van der Waals surface area contributed by atoms with Gasteiger partial charge in [-0.2, -0.15) is 0 Å². The highest BCUT2D eigenvalue weighted by Gasteiger charge is 2.28. The molecule has 0 bridgehead atoms. The number of hydrogen-bond acceptors (Lipinski definition) is 3. The second kappa shape index (κ2) is 5.35. The van der Waals surface area contributed by atoms with Gasteiger partial charge in [-0.25, -0.2) is 4.98 Å². The highest BCUT2D eigenvalue weighted by Crippen LogP contribution is 2.31. The van der Waals surface area contributed by atoms with Crippen molar-refractivity contribution in [1.82, 2.24) is 4.98 Å². The van der Waals surface area contributed by atoms with E-state index in [2.05, 4.69) is 10.3 Å². The number of rotatable bonds is 1. The fourth-order valence-corrected chi connectivity index (χ4v) is 2.48. The van der Waals surface area contributed by atoms with Crippen molar-refractivity contribution in [3.05, 3.63) is 52.3 Å². The highest BCUT2D eigenvalue weighted by atomic mass is 35.5. The summed E-state index contributed by atoms with van der Waals surface area (Å²) in [6.45, 7) is -0.0773. The Kier molecular flexibility index (Phi) is 3.53. The van der Waals surface area contributed by atoms with Crippen molar-refractivity contribution >= 4 is 46.4 Å². The molecule has 2 amide bonds. The number of para-hydroxylation sites is 2. The van der Waals surface area contributed by atoms with Gasteiger partial charge in [-0.3, -0.25) is 14.5 Å². The zero-order valence-corrected chi connectivity index (χ0v) is 12.1. The summed E-state index contributed by atoms with van der Waals surface area (Å²) < 4.78 is 0. The lowest BCUT2D eigenvalue weighted by Crippen LogP contribution is -2.42. The first-order chi connectivity index (χ1) is 10.1. The Morgan fingerprint density at radius 3 is 2.86 bits per heavy atom. The molecule has 1 aromatic carbocycles. The van der Waals surface area contributed by atoms with Gasteiger partial charge in [0.05, 0.1) is 22.0 Å². The summed E-state index contributed by atoms with van der Waals surface area (Å²) in [7, 11) is 0. The maximum atomic E-state index is 12.7. The van der Waals surface area contributed by atoms with Crippen LogP contribution in [0.25, 0.3) is 0 Å². The molecule has 7 heteroatoms. The van der Waals surface area contributed by atoms with Crippen molar-refractivity contribution in [3.8, 4) is 0 Å². The lowest BCUT2D eigenvalue weighted by molar-refractivity contribution is -0.115. The quantitative estimate of drug-likeness (QED) is 0.821. The second-order valence-electron chi connectivity index (χ2n) is 4.44. The molecule has 0 aliphatic carbocycles. The van der Waals surface area contributed by atoms with Crippen LogP contribution in [0.1, 0.15) is 10.4 Å². The Bertz CT molecular complexity index is 749. The third-order valence-corrected chi connectivity index (χ3v) is 3.58. The summed E-state index contributed by atoms with van der Waals surface area (Å²) in [5.41, 5.74) is 1.41. The predicted octanol–water partition coefficient (Wildman–Crippen LogP) is 2.99. The summed E-state index contributed by atoms with van der Waals surface area (Å²) in [4.78, 5) is 29.6. The molecule has 0 fully saturated rings. The molecule has 1 aliphatic rings. The van der Waals surface area contributed by atoms with E-state index < -0.39 is 5.91 Å². The zero-order valence-electron chi connectivity index (χ0n) is 10.6. The Morgan fingerprint density at radius 1 is 1.29 bits per heavy atom. The fourth-order valence-electron chi connectivity index (χ4n) is 2.14. The number of benzene rings is 1. The highest BCUT2D eigenvalue weighted by molar-refractivity contribution is 6.36. The van der Waals surface area contributed by atoms with Crippen LogP contribution in [-0.4, -0.2) is 23.3 Å². The number of anilines is 2. The minimum Gasteiger partial charge on any atom is -0.323 e. The van der Waals surface area contributed by atoms with Crippen LogP contribution in [0.3, 0.4) is 0 Å². The van der Waals surface area contributed by atoms with Crippen LogP contribution in [0.2, 0.25) is 10.2 Å². The van der Waals surface area contributed by atoms with Crippen molar-refractivity contribution in [3.63, 3.8) is 0 Å². The van der Waals surface area contributed by atoms with Crippen molar-refractivity contribution < 1.29 is 9.59 Å². The number of halogens is 2. The number of pyridine rings is 1. The molecule has 3 rings (SSSR count). The molecule has 0 saturated carbocycles. The van der Waals surface area contributed by atoms with Crippen molar-refractivity contribution in [1.29, 1.82) is 0 Å². The van der Waals surface area contributed by atoms with E-state index in [-0.39, 0.29) is 28.2 Å². The molecule has 1 aromatic heterocycles. The van der Waals surface area contributed by atoms with E-state index in [1.54, 1.807) is 24.3 Å². The third kappa shape index (κ3) is 2.57. The fraction of sp³-hybridized carbons (Fsp3) is 0.0714. The van der Waals surface area contributed by atoms with E-state index in [0.717, 1.165) is 0 Å². The average Bonchev–Trinajstić information content (AvgIpc) is 2.48. The normalized spacial score (nSPS) is 13.6. The van der Waals surface area contributed by atoms with Crippen molar-refractivity contribution in [2.75, 3.05) is 16.8 Å². The van der Waals surface area contributed by atoms with E-state index in [9.17, 15) is 9.59 Å². The number of aromatic nitrogens is 1. The number of nitrogens with zero attached hydrogens (tertiary/aromatic N) is 2. The molecular formula is C14H9Cl2N3O2. The zero-order chi connectivity index (χ0) is 15.0. The van der Waals surface area contributed by atoms with Crippen molar-refractivity contribution in [2.24, 2.45) is 0 Å². The van der Waals surface area contributed by atoms with Gasteiger partial charge in [0.2, 0.25) is 5.91 Å². The molecule has 1 aliphatic heterocycles. The predicted molar refractivity (Wildman–Crippen MR) is 81.0 cm³/mol. The molecule has 0 atom stereocenters. The van der Waals surface area contributed by atoms with E-state index in [0.29, 0.717) is 11.4 Å². The molecule has 0 spiro atoms. The number of amides is 2. The molecule has 21 heavy (non-hydrogen) atoms. The molecule has 106 valence electrons. The van der Waals surface area contributed by atoms with E-state index in [1.165, 1.54) is 17.2 Å². The van der Waals surface area contributed by atoms with Gasteiger partial charge in [0.1, 0.15) is 11.7 Å².